The van der Waals surface area contributed by atoms with Crippen molar-refractivity contribution in [2.75, 3.05) is 10.5 Å². The number of rotatable bonds is 3. The minimum atomic E-state index is -3.81. The Hall–Kier alpha value is -1.79. The maximum absolute atomic E-state index is 13.3. The molecule has 0 aliphatic carbocycles. The van der Waals surface area contributed by atoms with Gasteiger partial charge in [0.25, 0.3) is 10.0 Å². The molecule has 3 N–H and O–H groups in total. The van der Waals surface area contributed by atoms with Crippen molar-refractivity contribution in [1.29, 1.82) is 0 Å². The topological polar surface area (TPSA) is 72.2 Å². The third-order valence-corrected chi connectivity index (χ3v) is 4.51. The van der Waals surface area contributed by atoms with E-state index >= 15 is 0 Å². The summed E-state index contributed by atoms with van der Waals surface area (Å²) in [5.41, 5.74) is 6.66. The first-order chi connectivity index (χ1) is 9.29. The van der Waals surface area contributed by atoms with Crippen molar-refractivity contribution in [2.45, 2.75) is 11.8 Å². The van der Waals surface area contributed by atoms with Gasteiger partial charge >= 0.3 is 0 Å². The van der Waals surface area contributed by atoms with E-state index < -0.39 is 15.8 Å². The summed E-state index contributed by atoms with van der Waals surface area (Å²) in [6.07, 6.45) is 0. The second kappa shape index (κ2) is 5.30. The molecule has 20 heavy (non-hydrogen) atoms. The van der Waals surface area contributed by atoms with Gasteiger partial charge in [-0.2, -0.15) is 0 Å². The first kappa shape index (κ1) is 14.6. The van der Waals surface area contributed by atoms with Crippen molar-refractivity contribution in [1.82, 2.24) is 0 Å². The fraction of sp³-hybridized carbons (Fsp3) is 0.0769. The molecule has 106 valence electrons. The molecule has 0 heterocycles. The fourth-order valence-electron chi connectivity index (χ4n) is 1.74. The second-order valence-corrected chi connectivity index (χ2v) is 6.32. The van der Waals surface area contributed by atoms with Gasteiger partial charge in [0.15, 0.2) is 0 Å². The monoisotopic (exact) mass is 314 g/mol. The number of anilines is 2. The summed E-state index contributed by atoms with van der Waals surface area (Å²) in [5.74, 6) is -0.694. The normalized spacial score (nSPS) is 11.3. The summed E-state index contributed by atoms with van der Waals surface area (Å²) in [6, 6.07) is 8.13. The van der Waals surface area contributed by atoms with Gasteiger partial charge in [-0.1, -0.05) is 11.6 Å². The van der Waals surface area contributed by atoms with Crippen LogP contribution in [0.1, 0.15) is 5.56 Å². The summed E-state index contributed by atoms with van der Waals surface area (Å²) in [4.78, 5) is 0.0852. The molecule has 4 nitrogen and oxygen atoms in total. The van der Waals surface area contributed by atoms with Crippen LogP contribution >= 0.6 is 11.6 Å². The van der Waals surface area contributed by atoms with Crippen LogP contribution < -0.4 is 10.5 Å². The van der Waals surface area contributed by atoms with Crippen LogP contribution in [-0.4, -0.2) is 8.42 Å². The first-order valence-electron chi connectivity index (χ1n) is 5.63. The Morgan fingerprint density at radius 2 is 1.90 bits per heavy atom. The summed E-state index contributed by atoms with van der Waals surface area (Å²) >= 11 is 5.55. The zero-order valence-corrected chi connectivity index (χ0v) is 12.1. The highest BCUT2D eigenvalue weighted by molar-refractivity contribution is 7.92. The second-order valence-electron chi connectivity index (χ2n) is 4.26. The van der Waals surface area contributed by atoms with Crippen molar-refractivity contribution in [3.8, 4) is 0 Å². The summed E-state index contributed by atoms with van der Waals surface area (Å²) < 4.78 is 40.0. The van der Waals surface area contributed by atoms with Crippen LogP contribution in [0.2, 0.25) is 5.02 Å². The Balaban J connectivity index is 2.38. The molecule has 0 unspecified atom stereocenters. The first-order valence-corrected chi connectivity index (χ1v) is 7.50. The van der Waals surface area contributed by atoms with E-state index in [1.54, 1.807) is 13.0 Å². The van der Waals surface area contributed by atoms with Crippen molar-refractivity contribution in [2.24, 2.45) is 0 Å². The lowest BCUT2D eigenvalue weighted by Gasteiger charge is -2.11. The summed E-state index contributed by atoms with van der Waals surface area (Å²) in [6.45, 7) is 1.63. The molecule has 0 bridgehead atoms. The third-order valence-electron chi connectivity index (χ3n) is 2.66. The van der Waals surface area contributed by atoms with Gasteiger partial charge in [0, 0.05) is 5.69 Å². The van der Waals surface area contributed by atoms with Gasteiger partial charge in [0.05, 0.1) is 15.6 Å². The summed E-state index contributed by atoms with van der Waals surface area (Å²) in [5, 5.41) is -0.0726. The van der Waals surface area contributed by atoms with Crippen LogP contribution in [-0.2, 0) is 10.0 Å². The third kappa shape index (κ3) is 3.02. The molecule has 0 aliphatic rings. The highest BCUT2D eigenvalue weighted by atomic mass is 35.5. The predicted molar refractivity (Wildman–Crippen MR) is 77.8 cm³/mol. The van der Waals surface area contributed by atoms with Crippen molar-refractivity contribution < 1.29 is 12.8 Å². The number of aryl methyl sites for hydroxylation is 1. The van der Waals surface area contributed by atoms with Crippen molar-refractivity contribution in [3.05, 3.63) is 52.8 Å². The number of nitrogen functional groups attached to an aromatic ring is 1. The van der Waals surface area contributed by atoms with Gasteiger partial charge in [-0.3, -0.25) is 4.72 Å². The highest BCUT2D eigenvalue weighted by Gasteiger charge is 2.17. The van der Waals surface area contributed by atoms with Crippen LogP contribution in [0.5, 0.6) is 0 Å². The smallest absolute Gasteiger partial charge is 0.262 e. The van der Waals surface area contributed by atoms with Gasteiger partial charge in [-0.05, 0) is 48.9 Å². The molecule has 0 saturated carbocycles. The maximum atomic E-state index is 13.3. The number of benzene rings is 2. The Morgan fingerprint density at radius 3 is 2.50 bits per heavy atom. The quantitative estimate of drug-likeness (QED) is 0.855. The van der Waals surface area contributed by atoms with Crippen LogP contribution in [0.4, 0.5) is 15.8 Å². The number of nitrogens with one attached hydrogen (secondary N) is 1. The fourth-order valence-corrected chi connectivity index (χ4v) is 3.14. The molecular weight excluding hydrogens is 303 g/mol. The molecule has 0 atom stereocenters. The number of hydrogen-bond acceptors (Lipinski definition) is 3. The van der Waals surface area contributed by atoms with Gasteiger partial charge in [-0.25, -0.2) is 12.8 Å². The van der Waals surface area contributed by atoms with Crippen molar-refractivity contribution >= 4 is 33.0 Å². The number of sulfonamides is 1. The standard InChI is InChI=1S/C13H12ClFN2O2S/c1-8-6-9(16)2-5-13(8)20(18,19)17-10-3-4-11(14)12(15)7-10/h2-7,17H,16H2,1H3. The zero-order valence-electron chi connectivity index (χ0n) is 10.5. The van der Waals surface area contributed by atoms with E-state index in [4.69, 9.17) is 17.3 Å². The van der Waals surface area contributed by atoms with Crippen LogP contribution in [0.15, 0.2) is 41.3 Å². The van der Waals surface area contributed by atoms with Crippen molar-refractivity contribution in [3.63, 3.8) is 0 Å². The molecule has 0 spiro atoms. The van der Waals surface area contributed by atoms with Gasteiger partial charge in [-0.15, -0.1) is 0 Å². The largest absolute Gasteiger partial charge is 0.399 e. The molecule has 0 fully saturated rings. The molecule has 0 aliphatic heterocycles. The molecule has 7 heteroatoms. The lowest BCUT2D eigenvalue weighted by atomic mass is 10.2. The van der Waals surface area contributed by atoms with Gasteiger partial charge < -0.3 is 5.73 Å². The van der Waals surface area contributed by atoms with E-state index in [0.717, 1.165) is 6.07 Å². The Morgan fingerprint density at radius 1 is 1.20 bits per heavy atom. The Kier molecular flexibility index (Phi) is 3.87. The van der Waals surface area contributed by atoms with Gasteiger partial charge in [0.1, 0.15) is 5.82 Å². The van der Waals surface area contributed by atoms with Crippen LogP contribution in [0, 0.1) is 12.7 Å². The molecule has 2 aromatic carbocycles. The summed E-state index contributed by atoms with van der Waals surface area (Å²) in [7, 11) is -3.81. The zero-order chi connectivity index (χ0) is 14.9. The predicted octanol–water partition coefficient (Wildman–Crippen LogP) is 3.17. The molecule has 2 rings (SSSR count). The van der Waals surface area contributed by atoms with E-state index in [-0.39, 0.29) is 15.6 Å². The Labute approximate surface area is 121 Å². The van der Waals surface area contributed by atoms with E-state index in [9.17, 15) is 12.8 Å². The van der Waals surface area contributed by atoms with Crippen LogP contribution in [0.3, 0.4) is 0 Å². The molecule has 0 radical (unpaired) electrons. The molecule has 0 amide bonds. The average molecular weight is 315 g/mol. The maximum Gasteiger partial charge on any atom is 0.262 e. The average Bonchev–Trinajstić information content (AvgIpc) is 2.33. The van der Waals surface area contributed by atoms with Crippen LogP contribution in [0.25, 0.3) is 0 Å². The van der Waals surface area contributed by atoms with Gasteiger partial charge in [0.2, 0.25) is 0 Å². The number of hydrogen-bond donors (Lipinski definition) is 2. The molecule has 0 saturated heterocycles. The van der Waals surface area contributed by atoms with E-state index in [2.05, 4.69) is 4.72 Å². The molecular formula is C13H12ClFN2O2S. The van der Waals surface area contributed by atoms with E-state index in [0.29, 0.717) is 11.3 Å². The highest BCUT2D eigenvalue weighted by Crippen LogP contribution is 2.23. The molecule has 2 aromatic rings. The number of nitrogens with two attached hydrogens (primary N) is 1. The minimum absolute atomic E-state index is 0.0726. The van der Waals surface area contributed by atoms with E-state index in [1.165, 1.54) is 24.3 Å². The lowest BCUT2D eigenvalue weighted by Crippen LogP contribution is -2.14. The molecule has 0 aromatic heterocycles. The lowest BCUT2D eigenvalue weighted by molar-refractivity contribution is 0.600. The SMILES string of the molecule is Cc1cc(N)ccc1S(=O)(=O)Nc1ccc(Cl)c(F)c1. The Bertz CT molecular complexity index is 763. The number of halogens is 2. The minimum Gasteiger partial charge on any atom is -0.399 e. The van der Waals surface area contributed by atoms with E-state index in [1.807, 2.05) is 0 Å².